The van der Waals surface area contributed by atoms with E-state index in [1.165, 1.54) is 35.4 Å². The molecule has 0 unspecified atom stereocenters. The highest BCUT2D eigenvalue weighted by molar-refractivity contribution is 5.94. The van der Waals surface area contributed by atoms with Gasteiger partial charge in [-0.15, -0.1) is 0 Å². The highest BCUT2D eigenvalue weighted by Gasteiger charge is 2.32. The van der Waals surface area contributed by atoms with Crippen LogP contribution in [0, 0.1) is 5.82 Å². The number of pyridine rings is 1. The van der Waals surface area contributed by atoms with Crippen molar-refractivity contribution in [2.45, 2.75) is 32.5 Å². The standard InChI is InChI=1S/C22H22F4N4O2/c1-2-3-14(15-4-7-19(28-11-15)22(24,25)26)8-9-27-20(31)13-30-12-16-10-17(23)5-6-18(16)29-21(30)32/h3-7,10-11H,2,8-9,12-13H2,1H3,(H,27,31)(H,29,32)/b14-3+. The zero-order valence-electron chi connectivity index (χ0n) is 17.3. The van der Waals surface area contributed by atoms with E-state index in [9.17, 15) is 27.2 Å². The lowest BCUT2D eigenvalue weighted by Gasteiger charge is -2.28. The molecule has 1 aliphatic rings. The minimum absolute atomic E-state index is 0.102. The fourth-order valence-corrected chi connectivity index (χ4v) is 3.34. The molecule has 1 aromatic carbocycles. The van der Waals surface area contributed by atoms with E-state index in [-0.39, 0.29) is 19.6 Å². The highest BCUT2D eigenvalue weighted by atomic mass is 19.4. The first-order chi connectivity index (χ1) is 15.2. The van der Waals surface area contributed by atoms with E-state index in [0.717, 1.165) is 11.6 Å². The molecular formula is C22H22F4N4O2. The number of carbonyl (C=O) groups is 2. The smallest absolute Gasteiger partial charge is 0.354 e. The van der Waals surface area contributed by atoms with Crippen LogP contribution in [0.25, 0.3) is 5.57 Å². The van der Waals surface area contributed by atoms with E-state index in [0.29, 0.717) is 29.7 Å². The molecular weight excluding hydrogens is 428 g/mol. The molecule has 0 spiro atoms. The van der Waals surface area contributed by atoms with Crippen molar-refractivity contribution in [1.29, 1.82) is 0 Å². The summed E-state index contributed by atoms with van der Waals surface area (Å²) in [4.78, 5) is 29.2. The number of halogens is 4. The van der Waals surface area contributed by atoms with Crippen LogP contribution in [0.5, 0.6) is 0 Å². The van der Waals surface area contributed by atoms with Crippen LogP contribution < -0.4 is 10.6 Å². The summed E-state index contributed by atoms with van der Waals surface area (Å²) in [6, 6.07) is 5.84. The van der Waals surface area contributed by atoms with E-state index in [1.54, 1.807) is 0 Å². The zero-order chi connectivity index (χ0) is 23.3. The molecule has 170 valence electrons. The Morgan fingerprint density at radius 1 is 1.28 bits per heavy atom. The molecule has 0 bridgehead atoms. The molecule has 0 aliphatic carbocycles. The lowest BCUT2D eigenvalue weighted by molar-refractivity contribution is -0.141. The van der Waals surface area contributed by atoms with Gasteiger partial charge in [-0.3, -0.25) is 9.78 Å². The van der Waals surface area contributed by atoms with Gasteiger partial charge in [0, 0.05) is 18.4 Å². The number of rotatable bonds is 7. The van der Waals surface area contributed by atoms with E-state index < -0.39 is 29.6 Å². The second-order valence-corrected chi connectivity index (χ2v) is 7.26. The van der Waals surface area contributed by atoms with Gasteiger partial charge in [0.25, 0.3) is 0 Å². The molecule has 3 rings (SSSR count). The minimum atomic E-state index is -4.51. The van der Waals surface area contributed by atoms with Gasteiger partial charge < -0.3 is 15.5 Å². The van der Waals surface area contributed by atoms with Crippen LogP contribution >= 0.6 is 0 Å². The molecule has 10 heteroatoms. The summed E-state index contributed by atoms with van der Waals surface area (Å²) in [7, 11) is 0. The first-order valence-corrected chi connectivity index (χ1v) is 10.0. The quantitative estimate of drug-likeness (QED) is 0.606. The molecule has 2 aromatic rings. The summed E-state index contributed by atoms with van der Waals surface area (Å²) < 4.78 is 51.6. The number of amides is 3. The SMILES string of the molecule is CC/C=C(\CCNC(=O)CN1Cc2cc(F)ccc2NC1=O)c1ccc(C(F)(F)F)nc1. The Kier molecular flexibility index (Phi) is 7.12. The Bertz CT molecular complexity index is 1020. The Labute approximate surface area is 182 Å². The maximum absolute atomic E-state index is 13.4. The molecule has 2 N–H and O–H groups in total. The zero-order valence-corrected chi connectivity index (χ0v) is 17.3. The van der Waals surface area contributed by atoms with Crippen LogP contribution in [0.4, 0.5) is 28.0 Å². The van der Waals surface area contributed by atoms with Gasteiger partial charge in [0.05, 0.1) is 6.54 Å². The summed E-state index contributed by atoms with van der Waals surface area (Å²) in [5.74, 6) is -0.835. The summed E-state index contributed by atoms with van der Waals surface area (Å²) in [5, 5.41) is 5.32. The molecule has 1 aliphatic heterocycles. The lowest BCUT2D eigenvalue weighted by atomic mass is 10.0. The van der Waals surface area contributed by atoms with Crippen LogP contribution in [0.1, 0.15) is 36.6 Å². The largest absolute Gasteiger partial charge is 0.433 e. The third-order valence-corrected chi connectivity index (χ3v) is 4.88. The summed E-state index contributed by atoms with van der Waals surface area (Å²) in [6.45, 7) is 2.01. The minimum Gasteiger partial charge on any atom is -0.354 e. The molecule has 6 nitrogen and oxygen atoms in total. The van der Waals surface area contributed by atoms with Gasteiger partial charge in [-0.25, -0.2) is 9.18 Å². The van der Waals surface area contributed by atoms with Crippen molar-refractivity contribution in [2.24, 2.45) is 0 Å². The fraction of sp³-hybridized carbons (Fsp3) is 0.318. The second kappa shape index (κ2) is 9.80. The van der Waals surface area contributed by atoms with Crippen molar-refractivity contribution in [1.82, 2.24) is 15.2 Å². The number of anilines is 1. The molecule has 0 saturated carbocycles. The van der Waals surface area contributed by atoms with Crippen molar-refractivity contribution in [2.75, 3.05) is 18.4 Å². The molecule has 0 radical (unpaired) electrons. The van der Waals surface area contributed by atoms with Crippen molar-refractivity contribution < 1.29 is 27.2 Å². The number of benzene rings is 1. The number of carbonyl (C=O) groups excluding carboxylic acids is 2. The van der Waals surface area contributed by atoms with Crippen LogP contribution in [-0.2, 0) is 17.5 Å². The third kappa shape index (κ3) is 5.83. The van der Waals surface area contributed by atoms with Crippen molar-refractivity contribution in [3.8, 4) is 0 Å². The van der Waals surface area contributed by atoms with Gasteiger partial charge in [-0.05, 0) is 53.8 Å². The van der Waals surface area contributed by atoms with Crippen LogP contribution in [0.3, 0.4) is 0 Å². The van der Waals surface area contributed by atoms with Gasteiger partial charge in [-0.1, -0.05) is 19.1 Å². The van der Waals surface area contributed by atoms with Crippen LogP contribution in [0.15, 0.2) is 42.6 Å². The number of fused-ring (bicyclic) bond motifs is 1. The number of nitrogens with one attached hydrogen (secondary N) is 2. The molecule has 0 saturated heterocycles. The Balaban J connectivity index is 1.55. The molecule has 0 atom stereocenters. The Hall–Kier alpha value is -3.43. The van der Waals surface area contributed by atoms with Crippen LogP contribution in [-0.4, -0.2) is 34.9 Å². The van der Waals surface area contributed by atoms with Crippen molar-refractivity contribution >= 4 is 23.2 Å². The van der Waals surface area contributed by atoms with E-state index in [2.05, 4.69) is 15.6 Å². The number of hydrogen-bond donors (Lipinski definition) is 2. The first-order valence-electron chi connectivity index (χ1n) is 10.0. The Morgan fingerprint density at radius 2 is 2.06 bits per heavy atom. The van der Waals surface area contributed by atoms with Gasteiger partial charge in [0.2, 0.25) is 5.91 Å². The number of hydrogen-bond acceptors (Lipinski definition) is 3. The van der Waals surface area contributed by atoms with E-state index >= 15 is 0 Å². The fourth-order valence-electron chi connectivity index (χ4n) is 3.34. The molecule has 3 amide bonds. The molecule has 0 fully saturated rings. The molecule has 2 heterocycles. The molecule has 32 heavy (non-hydrogen) atoms. The highest BCUT2D eigenvalue weighted by Crippen LogP contribution is 2.28. The summed E-state index contributed by atoms with van der Waals surface area (Å²) >= 11 is 0. The van der Waals surface area contributed by atoms with Gasteiger partial charge in [-0.2, -0.15) is 13.2 Å². The van der Waals surface area contributed by atoms with Crippen molar-refractivity contribution in [3.05, 3.63) is 65.2 Å². The maximum atomic E-state index is 13.4. The number of aromatic nitrogens is 1. The predicted molar refractivity (Wildman–Crippen MR) is 111 cm³/mol. The van der Waals surface area contributed by atoms with Gasteiger partial charge >= 0.3 is 12.2 Å². The van der Waals surface area contributed by atoms with E-state index in [4.69, 9.17) is 0 Å². The average molecular weight is 450 g/mol. The first kappa shape index (κ1) is 23.2. The third-order valence-electron chi connectivity index (χ3n) is 4.88. The van der Waals surface area contributed by atoms with Crippen molar-refractivity contribution in [3.63, 3.8) is 0 Å². The number of urea groups is 1. The number of allylic oxidation sites excluding steroid dienone is 1. The lowest BCUT2D eigenvalue weighted by Crippen LogP contribution is -2.44. The second-order valence-electron chi connectivity index (χ2n) is 7.26. The van der Waals surface area contributed by atoms with Crippen LogP contribution in [0.2, 0.25) is 0 Å². The predicted octanol–water partition coefficient (Wildman–Crippen LogP) is 4.59. The van der Waals surface area contributed by atoms with Gasteiger partial charge in [0.1, 0.15) is 18.1 Å². The van der Waals surface area contributed by atoms with E-state index in [1.807, 2.05) is 13.0 Å². The topological polar surface area (TPSA) is 74.3 Å². The Morgan fingerprint density at radius 3 is 2.72 bits per heavy atom. The number of alkyl halides is 3. The van der Waals surface area contributed by atoms with Gasteiger partial charge in [0.15, 0.2) is 0 Å². The maximum Gasteiger partial charge on any atom is 0.433 e. The number of nitrogens with zero attached hydrogens (tertiary/aromatic N) is 2. The monoisotopic (exact) mass is 450 g/mol. The normalized spacial score (nSPS) is 14.1. The average Bonchev–Trinajstić information content (AvgIpc) is 2.73. The summed E-state index contributed by atoms with van der Waals surface area (Å²) in [6.07, 6.45) is -0.435. The summed E-state index contributed by atoms with van der Waals surface area (Å²) in [5.41, 5.74) is 1.41. The molecule has 1 aromatic heterocycles.